The third-order valence-electron chi connectivity index (χ3n) is 4.73. The molecule has 2 heterocycles. The van der Waals surface area contributed by atoms with Crippen LogP contribution in [0.1, 0.15) is 22.5 Å². The van der Waals surface area contributed by atoms with Gasteiger partial charge in [0.1, 0.15) is 0 Å². The molecule has 1 aliphatic rings. The second-order valence-electron chi connectivity index (χ2n) is 6.70. The Hall–Kier alpha value is -2.93. The standard InChI is InChI=1S/C20H20ClN3O4/c21-17-7-2-1-6-16(17)19(26)24-11-13(9-14(12-24)20(27)28)18(25)23-10-15-5-3-4-8-22-15/h1-8,13-14H,9-12H2,(H,23,25)(H,27,28)/t13-,14-/m0/s1. The fourth-order valence-corrected chi connectivity index (χ4v) is 3.48. The number of rotatable bonds is 5. The van der Waals surface area contributed by atoms with E-state index < -0.39 is 17.8 Å². The highest BCUT2D eigenvalue weighted by molar-refractivity contribution is 6.33. The Balaban J connectivity index is 1.72. The van der Waals surface area contributed by atoms with Gasteiger partial charge in [-0.3, -0.25) is 19.4 Å². The van der Waals surface area contributed by atoms with Gasteiger partial charge in [0.05, 0.1) is 34.7 Å². The van der Waals surface area contributed by atoms with Crippen LogP contribution in [-0.2, 0) is 16.1 Å². The number of nitrogens with one attached hydrogen (secondary N) is 1. The Morgan fingerprint density at radius 2 is 1.82 bits per heavy atom. The Bertz CT molecular complexity index is 875. The molecule has 0 aliphatic carbocycles. The van der Waals surface area contributed by atoms with Crippen molar-refractivity contribution in [3.8, 4) is 0 Å². The van der Waals surface area contributed by atoms with Crippen LogP contribution in [0, 0.1) is 11.8 Å². The normalized spacial score (nSPS) is 19.1. The summed E-state index contributed by atoms with van der Waals surface area (Å²) in [5, 5.41) is 12.5. The predicted octanol–water partition coefficient (Wildman–Crippen LogP) is 2.21. The fourth-order valence-electron chi connectivity index (χ4n) is 3.26. The minimum Gasteiger partial charge on any atom is -0.481 e. The number of nitrogens with zero attached hydrogens (tertiary/aromatic N) is 2. The van der Waals surface area contributed by atoms with Crippen molar-refractivity contribution < 1.29 is 19.5 Å². The summed E-state index contributed by atoms with van der Waals surface area (Å²) in [5.74, 6) is -3.14. The van der Waals surface area contributed by atoms with Gasteiger partial charge in [-0.1, -0.05) is 29.8 Å². The number of halogens is 1. The summed E-state index contributed by atoms with van der Waals surface area (Å²) in [7, 11) is 0. The smallest absolute Gasteiger partial charge is 0.308 e. The number of amides is 2. The second kappa shape index (κ2) is 8.84. The van der Waals surface area contributed by atoms with Crippen LogP contribution in [0.25, 0.3) is 0 Å². The molecular weight excluding hydrogens is 382 g/mol. The first-order valence-electron chi connectivity index (χ1n) is 8.90. The number of aliphatic carboxylic acids is 1. The molecule has 1 aliphatic heterocycles. The van der Waals surface area contributed by atoms with Crippen molar-refractivity contribution in [3.05, 3.63) is 64.9 Å². The fraction of sp³-hybridized carbons (Fsp3) is 0.300. The number of carboxylic acid groups (broad SMARTS) is 1. The lowest BCUT2D eigenvalue weighted by molar-refractivity contribution is -0.144. The Morgan fingerprint density at radius 1 is 1.11 bits per heavy atom. The Morgan fingerprint density at radius 3 is 2.50 bits per heavy atom. The molecule has 3 rings (SSSR count). The van der Waals surface area contributed by atoms with Crippen molar-refractivity contribution in [1.29, 1.82) is 0 Å². The minimum absolute atomic E-state index is 0.0451. The van der Waals surface area contributed by atoms with E-state index in [0.717, 1.165) is 0 Å². The zero-order valence-electron chi connectivity index (χ0n) is 15.0. The Labute approximate surface area is 167 Å². The summed E-state index contributed by atoms with van der Waals surface area (Å²) in [5.41, 5.74) is 0.994. The molecule has 2 aromatic rings. The SMILES string of the molecule is O=C(O)[C@H]1C[C@H](C(=O)NCc2ccccn2)CN(C(=O)c2ccccc2Cl)C1. The van der Waals surface area contributed by atoms with Gasteiger partial charge in [0.15, 0.2) is 0 Å². The summed E-state index contributed by atoms with van der Waals surface area (Å²) in [6.07, 6.45) is 1.81. The molecule has 2 N–H and O–H groups in total. The van der Waals surface area contributed by atoms with Gasteiger partial charge >= 0.3 is 5.97 Å². The van der Waals surface area contributed by atoms with Crippen molar-refractivity contribution >= 4 is 29.4 Å². The third kappa shape index (κ3) is 4.67. The number of aromatic nitrogens is 1. The lowest BCUT2D eigenvalue weighted by Crippen LogP contribution is -2.50. The van der Waals surface area contributed by atoms with Crippen molar-refractivity contribution in [2.45, 2.75) is 13.0 Å². The van der Waals surface area contributed by atoms with Gasteiger partial charge in [-0.2, -0.15) is 0 Å². The highest BCUT2D eigenvalue weighted by atomic mass is 35.5. The van der Waals surface area contributed by atoms with Gasteiger partial charge in [0.25, 0.3) is 5.91 Å². The third-order valence-corrected chi connectivity index (χ3v) is 5.06. The summed E-state index contributed by atoms with van der Waals surface area (Å²) in [4.78, 5) is 42.6. The molecule has 0 saturated carbocycles. The first-order valence-corrected chi connectivity index (χ1v) is 9.27. The molecule has 7 nitrogen and oxygen atoms in total. The van der Waals surface area contributed by atoms with Gasteiger partial charge in [-0.25, -0.2) is 0 Å². The summed E-state index contributed by atoms with van der Waals surface area (Å²) in [6.45, 7) is 0.428. The molecule has 1 aromatic carbocycles. The average Bonchev–Trinajstić information content (AvgIpc) is 2.72. The van der Waals surface area contributed by atoms with Crippen LogP contribution in [0.15, 0.2) is 48.7 Å². The molecule has 1 fully saturated rings. The van der Waals surface area contributed by atoms with E-state index in [2.05, 4.69) is 10.3 Å². The van der Waals surface area contributed by atoms with Gasteiger partial charge in [-0.05, 0) is 30.7 Å². The van der Waals surface area contributed by atoms with E-state index >= 15 is 0 Å². The van der Waals surface area contributed by atoms with Crippen molar-refractivity contribution in [3.63, 3.8) is 0 Å². The van der Waals surface area contributed by atoms with E-state index in [1.165, 1.54) is 4.90 Å². The van der Waals surface area contributed by atoms with Crippen LogP contribution in [0.5, 0.6) is 0 Å². The first-order chi connectivity index (χ1) is 13.5. The summed E-state index contributed by atoms with van der Waals surface area (Å²) < 4.78 is 0. The number of likely N-dealkylation sites (tertiary alicyclic amines) is 1. The minimum atomic E-state index is -1.03. The maximum absolute atomic E-state index is 12.8. The quantitative estimate of drug-likeness (QED) is 0.800. The van der Waals surface area contributed by atoms with E-state index in [1.54, 1.807) is 42.6 Å². The number of carbonyl (C=O) groups is 3. The average molecular weight is 402 g/mol. The molecule has 0 unspecified atom stereocenters. The lowest BCUT2D eigenvalue weighted by Gasteiger charge is -2.35. The van der Waals surface area contributed by atoms with Crippen molar-refractivity contribution in [1.82, 2.24) is 15.2 Å². The molecule has 28 heavy (non-hydrogen) atoms. The van der Waals surface area contributed by atoms with E-state index in [-0.39, 0.29) is 37.9 Å². The van der Waals surface area contributed by atoms with Crippen LogP contribution in [0.3, 0.4) is 0 Å². The van der Waals surface area contributed by atoms with Crippen LogP contribution < -0.4 is 5.32 Å². The van der Waals surface area contributed by atoms with E-state index in [1.807, 2.05) is 6.07 Å². The second-order valence-corrected chi connectivity index (χ2v) is 7.10. The number of carboxylic acids is 1. The number of piperidine rings is 1. The molecule has 146 valence electrons. The Kier molecular flexibility index (Phi) is 6.26. The number of hydrogen-bond donors (Lipinski definition) is 2. The topological polar surface area (TPSA) is 99.6 Å². The maximum Gasteiger partial charge on any atom is 0.308 e. The molecule has 0 spiro atoms. The summed E-state index contributed by atoms with van der Waals surface area (Å²) >= 11 is 6.10. The van der Waals surface area contributed by atoms with E-state index in [4.69, 9.17) is 11.6 Å². The molecule has 0 radical (unpaired) electrons. The lowest BCUT2D eigenvalue weighted by atomic mass is 9.88. The predicted molar refractivity (Wildman–Crippen MR) is 103 cm³/mol. The van der Waals surface area contributed by atoms with Crippen LogP contribution in [0.4, 0.5) is 0 Å². The zero-order valence-corrected chi connectivity index (χ0v) is 15.8. The number of hydrogen-bond acceptors (Lipinski definition) is 4. The molecule has 2 amide bonds. The molecule has 2 atom stereocenters. The van der Waals surface area contributed by atoms with E-state index in [9.17, 15) is 19.5 Å². The van der Waals surface area contributed by atoms with Crippen LogP contribution in [-0.4, -0.2) is 45.9 Å². The van der Waals surface area contributed by atoms with Gasteiger partial charge < -0.3 is 15.3 Å². The maximum atomic E-state index is 12.8. The number of benzene rings is 1. The molecular formula is C20H20ClN3O4. The highest BCUT2D eigenvalue weighted by Crippen LogP contribution is 2.26. The zero-order chi connectivity index (χ0) is 20.1. The van der Waals surface area contributed by atoms with E-state index in [0.29, 0.717) is 16.3 Å². The molecule has 1 saturated heterocycles. The number of pyridine rings is 1. The number of carbonyl (C=O) groups excluding carboxylic acids is 2. The largest absolute Gasteiger partial charge is 0.481 e. The summed E-state index contributed by atoms with van der Waals surface area (Å²) in [6, 6.07) is 12.0. The van der Waals surface area contributed by atoms with Gasteiger partial charge in [0, 0.05) is 19.3 Å². The van der Waals surface area contributed by atoms with Crippen LogP contribution >= 0.6 is 11.6 Å². The van der Waals surface area contributed by atoms with Crippen molar-refractivity contribution in [2.75, 3.05) is 13.1 Å². The highest BCUT2D eigenvalue weighted by Gasteiger charge is 2.37. The van der Waals surface area contributed by atoms with Crippen molar-refractivity contribution in [2.24, 2.45) is 11.8 Å². The van der Waals surface area contributed by atoms with Gasteiger partial charge in [0.2, 0.25) is 5.91 Å². The monoisotopic (exact) mass is 401 g/mol. The molecule has 1 aromatic heterocycles. The van der Waals surface area contributed by atoms with Gasteiger partial charge in [-0.15, -0.1) is 0 Å². The first kappa shape index (κ1) is 19.8. The molecule has 0 bridgehead atoms. The van der Waals surface area contributed by atoms with Crippen LogP contribution in [0.2, 0.25) is 5.02 Å². The molecule has 8 heteroatoms.